The third-order valence-corrected chi connectivity index (χ3v) is 5.93. The summed E-state index contributed by atoms with van der Waals surface area (Å²) in [5.74, 6) is -0.674. The van der Waals surface area contributed by atoms with Gasteiger partial charge >= 0.3 is 0 Å². The number of hydrogen-bond acceptors (Lipinski definition) is 4. The number of sulfonamides is 1. The summed E-state index contributed by atoms with van der Waals surface area (Å²) >= 11 is 12.1. The molecule has 3 rings (SSSR count). The van der Waals surface area contributed by atoms with Crippen LogP contribution in [0.2, 0.25) is 10.0 Å². The first-order valence-electron chi connectivity index (χ1n) is 8.37. The summed E-state index contributed by atoms with van der Waals surface area (Å²) in [5.41, 5.74) is 2.52. The maximum atomic E-state index is 12.5. The van der Waals surface area contributed by atoms with Crippen LogP contribution in [0, 0.1) is 0 Å². The number of aromatic amines is 1. The van der Waals surface area contributed by atoms with Crippen LogP contribution in [-0.4, -0.2) is 37.8 Å². The number of carbonyl (C=O) groups excluding carboxylic acids is 1. The Morgan fingerprint density at radius 2 is 1.90 bits per heavy atom. The highest BCUT2D eigenvalue weighted by atomic mass is 35.5. The summed E-state index contributed by atoms with van der Waals surface area (Å²) in [7, 11) is -1.98. The summed E-state index contributed by atoms with van der Waals surface area (Å²) in [5, 5.41) is 7.51. The second-order valence-electron chi connectivity index (χ2n) is 6.04. The van der Waals surface area contributed by atoms with E-state index in [4.69, 9.17) is 23.2 Å². The van der Waals surface area contributed by atoms with Crippen molar-refractivity contribution in [2.45, 2.75) is 5.75 Å². The highest BCUT2D eigenvalue weighted by Gasteiger charge is 2.17. The van der Waals surface area contributed by atoms with Crippen molar-refractivity contribution >= 4 is 45.3 Å². The average molecular weight is 451 g/mol. The van der Waals surface area contributed by atoms with Crippen LogP contribution in [0.25, 0.3) is 11.1 Å². The van der Waals surface area contributed by atoms with Crippen LogP contribution in [0.3, 0.4) is 0 Å². The van der Waals surface area contributed by atoms with Crippen molar-refractivity contribution in [3.8, 4) is 11.1 Å². The van der Waals surface area contributed by atoms with E-state index < -0.39 is 15.9 Å². The Labute approximate surface area is 177 Å². The minimum Gasteiger partial charge on any atom is -0.284 e. The Bertz CT molecular complexity index is 1170. The molecule has 29 heavy (non-hydrogen) atoms. The Morgan fingerprint density at radius 1 is 1.17 bits per heavy atom. The van der Waals surface area contributed by atoms with E-state index in [2.05, 4.69) is 19.9 Å². The second-order valence-corrected chi connectivity index (χ2v) is 8.81. The van der Waals surface area contributed by atoms with Crippen LogP contribution in [-0.2, 0) is 15.8 Å². The Kier molecular flexibility index (Phi) is 6.49. The number of nitrogens with one attached hydrogen (secondary N) is 2. The van der Waals surface area contributed by atoms with Crippen molar-refractivity contribution in [2.75, 3.05) is 7.05 Å². The van der Waals surface area contributed by atoms with E-state index in [1.165, 1.54) is 13.3 Å². The molecule has 150 valence electrons. The van der Waals surface area contributed by atoms with Gasteiger partial charge in [-0.3, -0.25) is 9.89 Å². The fourth-order valence-electron chi connectivity index (χ4n) is 2.55. The number of aliphatic imine (C=N–C) groups is 1. The van der Waals surface area contributed by atoms with Gasteiger partial charge in [0.25, 0.3) is 5.91 Å². The number of benzene rings is 2. The minimum absolute atomic E-state index is 0.127. The largest absolute Gasteiger partial charge is 0.298 e. The third-order valence-electron chi connectivity index (χ3n) is 4.04. The quantitative estimate of drug-likeness (QED) is 0.558. The van der Waals surface area contributed by atoms with Crippen molar-refractivity contribution in [3.05, 3.63) is 75.5 Å². The Hall–Kier alpha value is -2.52. The Morgan fingerprint density at radius 3 is 2.55 bits per heavy atom. The zero-order chi connectivity index (χ0) is 21.0. The fourth-order valence-corrected chi connectivity index (χ4v) is 3.84. The number of nitrogens with zero attached hydrogens (tertiary/aromatic N) is 2. The number of aromatic nitrogens is 2. The summed E-state index contributed by atoms with van der Waals surface area (Å²) < 4.78 is 25.4. The summed E-state index contributed by atoms with van der Waals surface area (Å²) in [4.78, 5) is 16.5. The van der Waals surface area contributed by atoms with Crippen LogP contribution < -0.4 is 4.72 Å². The van der Waals surface area contributed by atoms with Crippen molar-refractivity contribution in [3.63, 3.8) is 0 Å². The van der Waals surface area contributed by atoms with Crippen LogP contribution in [0.4, 0.5) is 0 Å². The van der Waals surface area contributed by atoms with Crippen LogP contribution >= 0.6 is 23.2 Å². The van der Waals surface area contributed by atoms with Gasteiger partial charge in [-0.25, -0.2) is 18.1 Å². The van der Waals surface area contributed by atoms with Gasteiger partial charge in [0.05, 0.1) is 10.8 Å². The molecule has 0 saturated carbocycles. The van der Waals surface area contributed by atoms with E-state index in [1.807, 2.05) is 0 Å². The van der Waals surface area contributed by atoms with Gasteiger partial charge in [-0.1, -0.05) is 53.5 Å². The molecule has 7 nitrogen and oxygen atoms in total. The highest BCUT2D eigenvalue weighted by Crippen LogP contribution is 2.31. The van der Waals surface area contributed by atoms with Gasteiger partial charge in [-0.05, 0) is 30.3 Å². The Balaban J connectivity index is 1.78. The molecule has 0 aliphatic rings. The van der Waals surface area contributed by atoms with Gasteiger partial charge in [-0.15, -0.1) is 0 Å². The molecule has 0 unspecified atom stereocenters. The van der Waals surface area contributed by atoms with E-state index in [0.717, 1.165) is 0 Å². The van der Waals surface area contributed by atoms with Gasteiger partial charge in [0.1, 0.15) is 0 Å². The fraction of sp³-hybridized carbons (Fsp3) is 0.105. The molecule has 0 aliphatic carbocycles. The van der Waals surface area contributed by atoms with E-state index in [1.54, 1.807) is 48.7 Å². The zero-order valence-corrected chi connectivity index (χ0v) is 17.5. The predicted molar refractivity (Wildman–Crippen MR) is 114 cm³/mol. The van der Waals surface area contributed by atoms with Crippen LogP contribution in [0.5, 0.6) is 0 Å². The van der Waals surface area contributed by atoms with E-state index in [-0.39, 0.29) is 11.4 Å². The van der Waals surface area contributed by atoms with E-state index in [0.29, 0.717) is 32.3 Å². The topological polar surface area (TPSA) is 104 Å². The smallest absolute Gasteiger partial charge is 0.284 e. The van der Waals surface area contributed by atoms with E-state index in [9.17, 15) is 13.2 Å². The summed E-state index contributed by atoms with van der Waals surface area (Å²) in [6.45, 7) is 0. The molecule has 0 spiro atoms. The van der Waals surface area contributed by atoms with E-state index >= 15 is 0 Å². The first kappa shape index (κ1) is 21.2. The molecule has 2 aromatic carbocycles. The molecule has 10 heteroatoms. The zero-order valence-electron chi connectivity index (χ0n) is 15.2. The lowest BCUT2D eigenvalue weighted by Crippen LogP contribution is -2.20. The molecule has 0 aliphatic heterocycles. The number of carbonyl (C=O) groups is 1. The molecule has 0 saturated heterocycles. The second kappa shape index (κ2) is 8.87. The lowest BCUT2D eigenvalue weighted by atomic mass is 10.1. The van der Waals surface area contributed by atoms with Gasteiger partial charge in [-0.2, -0.15) is 5.10 Å². The molecular weight excluding hydrogens is 435 g/mol. The van der Waals surface area contributed by atoms with Gasteiger partial charge in [0.2, 0.25) is 10.0 Å². The maximum Gasteiger partial charge on any atom is 0.298 e. The summed E-state index contributed by atoms with van der Waals surface area (Å²) in [6, 6.07) is 11.6. The van der Waals surface area contributed by atoms with Gasteiger partial charge < -0.3 is 0 Å². The van der Waals surface area contributed by atoms with Crippen LogP contribution in [0.15, 0.2) is 53.7 Å². The lowest BCUT2D eigenvalue weighted by molar-refractivity contribution is 0.0999. The molecule has 1 amide bonds. The standard InChI is InChI=1S/C19H16Cl2N4O3S/c1-22-29(27,28)11-13-4-2-12(3-5-13)9-23-19(26)18-16(10-24-25-18)15-7-6-14(20)8-17(15)21/h2-10,22H,11H2,1H3,(H,24,25)/b23-9-. The molecule has 0 radical (unpaired) electrons. The minimum atomic E-state index is -3.35. The average Bonchev–Trinajstić information content (AvgIpc) is 3.16. The number of halogens is 2. The third kappa shape index (κ3) is 5.30. The van der Waals surface area contributed by atoms with Crippen molar-refractivity contribution < 1.29 is 13.2 Å². The predicted octanol–water partition coefficient (Wildman–Crippen LogP) is 3.69. The number of hydrogen-bond donors (Lipinski definition) is 2. The highest BCUT2D eigenvalue weighted by molar-refractivity contribution is 7.88. The first-order chi connectivity index (χ1) is 13.8. The SMILES string of the molecule is CNS(=O)(=O)Cc1ccc(/C=N\C(=O)c2n[nH]cc2-c2ccc(Cl)cc2Cl)cc1. The molecule has 1 heterocycles. The van der Waals surface area contributed by atoms with Crippen molar-refractivity contribution in [1.29, 1.82) is 0 Å². The van der Waals surface area contributed by atoms with Crippen LogP contribution in [0.1, 0.15) is 21.6 Å². The molecular formula is C19H16Cl2N4O3S. The lowest BCUT2D eigenvalue weighted by Gasteiger charge is -2.04. The number of H-pyrrole nitrogens is 1. The maximum absolute atomic E-state index is 12.5. The molecule has 0 bridgehead atoms. The first-order valence-corrected chi connectivity index (χ1v) is 10.8. The van der Waals surface area contributed by atoms with Gasteiger partial charge in [0, 0.05) is 28.6 Å². The van der Waals surface area contributed by atoms with Crippen molar-refractivity contribution in [1.82, 2.24) is 14.9 Å². The summed E-state index contributed by atoms with van der Waals surface area (Å²) in [6.07, 6.45) is 2.95. The molecule has 1 aromatic heterocycles. The van der Waals surface area contributed by atoms with Crippen molar-refractivity contribution in [2.24, 2.45) is 4.99 Å². The molecule has 0 atom stereocenters. The molecule has 3 aromatic rings. The number of amides is 1. The normalized spacial score (nSPS) is 11.8. The molecule has 0 fully saturated rings. The monoisotopic (exact) mass is 450 g/mol. The molecule has 2 N–H and O–H groups in total. The number of rotatable bonds is 6. The van der Waals surface area contributed by atoms with Gasteiger partial charge in [0.15, 0.2) is 5.69 Å².